The maximum Gasteiger partial charge on any atom is 0.292 e. The average Bonchev–Trinajstić information content (AvgIpc) is 2.62. The van der Waals surface area contributed by atoms with E-state index in [1.165, 1.54) is 18.2 Å². The third-order valence-electron chi connectivity index (χ3n) is 3.72. The Hall–Kier alpha value is -3.25. The number of nitrogens with one attached hydrogen (secondary N) is 1. The molecule has 1 aromatic heterocycles. The number of hydrogen-bond donors (Lipinski definition) is 1. The summed E-state index contributed by atoms with van der Waals surface area (Å²) in [4.78, 5) is 22.8. The lowest BCUT2D eigenvalue weighted by Crippen LogP contribution is -2.39. The van der Waals surface area contributed by atoms with E-state index in [4.69, 9.17) is 11.6 Å². The van der Waals surface area contributed by atoms with Crippen molar-refractivity contribution in [2.24, 2.45) is 0 Å². The molecule has 0 atom stereocenters. The lowest BCUT2D eigenvalue weighted by Gasteiger charge is -2.05. The smallest absolute Gasteiger partial charge is 0.292 e. The van der Waals surface area contributed by atoms with Gasteiger partial charge in [0.05, 0.1) is 4.92 Å². The number of rotatable bonds is 5. The average molecular weight is 369 g/mol. The van der Waals surface area contributed by atoms with E-state index in [0.717, 1.165) is 11.1 Å². The summed E-state index contributed by atoms with van der Waals surface area (Å²) in [7, 11) is 0. The summed E-state index contributed by atoms with van der Waals surface area (Å²) in [5, 5.41) is 13.9. The molecule has 0 unspecified atom stereocenters. The van der Waals surface area contributed by atoms with Crippen molar-refractivity contribution >= 4 is 28.9 Å². The molecule has 7 heteroatoms. The number of nitro groups is 1. The van der Waals surface area contributed by atoms with Crippen molar-refractivity contribution in [3.63, 3.8) is 0 Å². The van der Waals surface area contributed by atoms with Gasteiger partial charge >= 0.3 is 0 Å². The van der Waals surface area contributed by atoms with Crippen molar-refractivity contribution in [3.8, 4) is 11.1 Å². The molecule has 0 saturated carbocycles. The van der Waals surface area contributed by atoms with Crippen molar-refractivity contribution in [1.29, 1.82) is 0 Å². The van der Waals surface area contributed by atoms with Crippen LogP contribution in [0.15, 0.2) is 73.1 Å². The molecule has 2 aromatic carbocycles. The molecule has 130 valence electrons. The van der Waals surface area contributed by atoms with Crippen LogP contribution in [0.3, 0.4) is 0 Å². The zero-order valence-corrected chi connectivity index (χ0v) is 14.4. The van der Waals surface area contributed by atoms with E-state index < -0.39 is 4.92 Å². The van der Waals surface area contributed by atoms with Crippen LogP contribution in [0.2, 0.25) is 5.02 Å². The number of hydrogen-bond acceptors (Lipinski definition) is 3. The summed E-state index contributed by atoms with van der Waals surface area (Å²) in [6.07, 6.45) is 3.61. The molecular weight excluding hydrogens is 354 g/mol. The number of aromatic nitrogens is 1. The number of nitrogens with zero attached hydrogens (tertiary/aromatic N) is 2. The molecule has 0 spiro atoms. The fourth-order valence-electron chi connectivity index (χ4n) is 2.54. The van der Waals surface area contributed by atoms with Crippen LogP contribution in [0.25, 0.3) is 11.1 Å². The Balaban J connectivity index is 1.77. The van der Waals surface area contributed by atoms with Gasteiger partial charge < -0.3 is 5.32 Å². The maximum atomic E-state index is 12.3. The first-order valence-electron chi connectivity index (χ1n) is 7.81. The van der Waals surface area contributed by atoms with Gasteiger partial charge in [-0.15, -0.1) is 0 Å². The van der Waals surface area contributed by atoms with Crippen LogP contribution in [0.1, 0.15) is 0 Å². The van der Waals surface area contributed by atoms with Crippen LogP contribution in [0.4, 0.5) is 11.4 Å². The number of halogens is 1. The lowest BCUT2D eigenvalue weighted by molar-refractivity contribution is -0.683. The fourth-order valence-corrected chi connectivity index (χ4v) is 2.72. The predicted molar refractivity (Wildman–Crippen MR) is 98.8 cm³/mol. The van der Waals surface area contributed by atoms with E-state index in [-0.39, 0.29) is 23.8 Å². The van der Waals surface area contributed by atoms with E-state index in [2.05, 4.69) is 5.32 Å². The number of benzene rings is 2. The van der Waals surface area contributed by atoms with Crippen LogP contribution in [-0.2, 0) is 11.3 Å². The highest BCUT2D eigenvalue weighted by atomic mass is 35.5. The molecule has 0 saturated heterocycles. The van der Waals surface area contributed by atoms with E-state index in [1.54, 1.807) is 10.8 Å². The zero-order valence-electron chi connectivity index (χ0n) is 13.6. The number of pyridine rings is 1. The summed E-state index contributed by atoms with van der Waals surface area (Å²) in [6, 6.07) is 17.6. The highest BCUT2D eigenvalue weighted by Crippen LogP contribution is 2.27. The van der Waals surface area contributed by atoms with E-state index in [1.807, 2.05) is 48.7 Å². The van der Waals surface area contributed by atoms with E-state index in [0.29, 0.717) is 5.02 Å². The van der Waals surface area contributed by atoms with Gasteiger partial charge in [-0.25, -0.2) is 0 Å². The summed E-state index contributed by atoms with van der Waals surface area (Å²) in [5.41, 5.74) is 1.88. The lowest BCUT2D eigenvalue weighted by atomic mass is 10.1. The Labute approximate surface area is 154 Å². The molecule has 26 heavy (non-hydrogen) atoms. The molecule has 0 aliphatic carbocycles. The zero-order chi connectivity index (χ0) is 18.5. The molecule has 0 fully saturated rings. The standard InChI is InChI=1S/C19H14ClN3O3/c20-16-8-9-18(23(25)26)17(11-16)21-19(24)13-22-10-4-7-15(12-22)14-5-2-1-3-6-14/h1-12H,13H2/p+1. The van der Waals surface area contributed by atoms with Crippen LogP contribution < -0.4 is 9.88 Å². The second kappa shape index (κ2) is 7.76. The molecule has 0 aliphatic rings. The molecule has 3 rings (SSSR count). The Bertz CT molecular complexity index is 961. The molecule has 3 aromatic rings. The van der Waals surface area contributed by atoms with Crippen molar-refractivity contribution < 1.29 is 14.3 Å². The first kappa shape index (κ1) is 17.6. The van der Waals surface area contributed by atoms with Gasteiger partial charge in [-0.05, 0) is 23.8 Å². The number of anilines is 1. The van der Waals surface area contributed by atoms with Crippen molar-refractivity contribution in [2.45, 2.75) is 6.54 Å². The third kappa shape index (κ3) is 4.23. The van der Waals surface area contributed by atoms with Crippen molar-refractivity contribution in [3.05, 3.63) is 88.2 Å². The molecule has 0 aliphatic heterocycles. The van der Waals surface area contributed by atoms with Gasteiger partial charge in [0.15, 0.2) is 12.4 Å². The number of nitro benzene ring substituents is 1. The Morgan fingerprint density at radius 3 is 2.54 bits per heavy atom. The summed E-state index contributed by atoms with van der Waals surface area (Å²) in [6.45, 7) is 0.0182. The topological polar surface area (TPSA) is 76.1 Å². The molecule has 0 radical (unpaired) electrons. The molecule has 1 heterocycles. The molecule has 1 N–H and O–H groups in total. The minimum atomic E-state index is -0.560. The van der Waals surface area contributed by atoms with Crippen molar-refractivity contribution in [2.75, 3.05) is 5.32 Å². The van der Waals surface area contributed by atoms with E-state index >= 15 is 0 Å². The monoisotopic (exact) mass is 368 g/mol. The highest BCUT2D eigenvalue weighted by molar-refractivity contribution is 6.31. The third-order valence-corrected chi connectivity index (χ3v) is 3.96. The van der Waals surface area contributed by atoms with E-state index in [9.17, 15) is 14.9 Å². The number of carbonyl (C=O) groups is 1. The molecular formula is C19H15ClN3O3+. The Kier molecular flexibility index (Phi) is 5.24. The van der Waals surface area contributed by atoms with Crippen LogP contribution >= 0.6 is 11.6 Å². The van der Waals surface area contributed by atoms with Gasteiger partial charge in [-0.1, -0.05) is 41.9 Å². The van der Waals surface area contributed by atoms with Crippen LogP contribution in [0.5, 0.6) is 0 Å². The minimum Gasteiger partial charge on any atom is -0.315 e. The first-order valence-corrected chi connectivity index (χ1v) is 8.19. The minimum absolute atomic E-state index is 0.0182. The molecule has 1 amide bonds. The van der Waals surface area contributed by atoms with Crippen LogP contribution in [0, 0.1) is 10.1 Å². The maximum absolute atomic E-state index is 12.3. The fraction of sp³-hybridized carbons (Fsp3) is 0.0526. The largest absolute Gasteiger partial charge is 0.315 e. The summed E-state index contributed by atoms with van der Waals surface area (Å²) in [5.74, 6) is -0.384. The second-order valence-corrected chi connectivity index (χ2v) is 6.03. The Morgan fingerprint density at radius 2 is 1.81 bits per heavy atom. The van der Waals surface area contributed by atoms with Gasteiger partial charge in [0.25, 0.3) is 11.6 Å². The first-order chi connectivity index (χ1) is 12.5. The van der Waals surface area contributed by atoms with Gasteiger partial charge in [0.1, 0.15) is 5.69 Å². The summed E-state index contributed by atoms with van der Waals surface area (Å²) < 4.78 is 1.72. The second-order valence-electron chi connectivity index (χ2n) is 5.60. The Morgan fingerprint density at radius 1 is 1.08 bits per heavy atom. The number of amides is 1. The van der Waals surface area contributed by atoms with Crippen molar-refractivity contribution in [1.82, 2.24) is 0 Å². The van der Waals surface area contributed by atoms with Gasteiger partial charge in [-0.2, -0.15) is 4.57 Å². The highest BCUT2D eigenvalue weighted by Gasteiger charge is 2.18. The molecule has 0 bridgehead atoms. The quantitative estimate of drug-likeness (QED) is 0.422. The normalized spacial score (nSPS) is 10.3. The molecule has 6 nitrogen and oxygen atoms in total. The SMILES string of the molecule is O=C(C[n+]1cccc(-c2ccccc2)c1)Nc1cc(Cl)ccc1[N+](=O)[O-]. The summed E-state index contributed by atoms with van der Waals surface area (Å²) >= 11 is 5.87. The van der Waals surface area contributed by atoms with Gasteiger partial charge in [0, 0.05) is 22.7 Å². The van der Waals surface area contributed by atoms with Gasteiger partial charge in [0.2, 0.25) is 6.54 Å². The van der Waals surface area contributed by atoms with Gasteiger partial charge in [-0.3, -0.25) is 14.9 Å². The number of carbonyl (C=O) groups excluding carboxylic acids is 1. The predicted octanol–water partition coefficient (Wildman–Crippen LogP) is 3.84. The van der Waals surface area contributed by atoms with Crippen LogP contribution in [-0.4, -0.2) is 10.8 Å².